The van der Waals surface area contributed by atoms with Crippen LogP contribution in [0.5, 0.6) is 5.75 Å². The van der Waals surface area contributed by atoms with Crippen LogP contribution < -0.4 is 10.1 Å². The Kier molecular flexibility index (Phi) is 2.96. The lowest BCUT2D eigenvalue weighted by atomic mass is 9.55. The van der Waals surface area contributed by atoms with Gasteiger partial charge in [0.2, 0.25) is 0 Å². The number of ether oxygens (including phenoxy) is 1. The Morgan fingerprint density at radius 1 is 1.24 bits per heavy atom. The number of nitrogens with one attached hydrogen (secondary N) is 2. The van der Waals surface area contributed by atoms with Crippen molar-refractivity contribution < 1.29 is 4.74 Å². The monoisotopic (exact) mass is 285 g/mol. The van der Waals surface area contributed by atoms with E-state index >= 15 is 0 Å². The minimum atomic E-state index is 0.179. The summed E-state index contributed by atoms with van der Waals surface area (Å²) in [6.45, 7) is 4.68. The third-order valence-corrected chi connectivity index (χ3v) is 5.93. The number of hydrogen-bond donors (Lipinski definition) is 2. The number of H-pyrrole nitrogens is 1. The second-order valence-corrected chi connectivity index (χ2v) is 6.74. The third-order valence-electron chi connectivity index (χ3n) is 5.93. The first-order valence-corrected chi connectivity index (χ1v) is 7.96. The summed E-state index contributed by atoms with van der Waals surface area (Å²) in [6, 6.07) is 4.17. The summed E-state index contributed by atoms with van der Waals surface area (Å²) >= 11 is 0. The average molecular weight is 285 g/mol. The fraction of sp³-hybridized carbons (Fsp3) is 0.588. The predicted octanol–water partition coefficient (Wildman–Crippen LogP) is 2.85. The van der Waals surface area contributed by atoms with Crippen LogP contribution >= 0.6 is 0 Å². The molecule has 1 saturated heterocycles. The number of rotatable bonds is 2. The maximum Gasteiger partial charge on any atom is 0.123 e. The van der Waals surface area contributed by atoms with Crippen molar-refractivity contribution in [3.63, 3.8) is 0 Å². The van der Waals surface area contributed by atoms with E-state index in [0.29, 0.717) is 11.8 Å². The number of aromatic amines is 1. The Morgan fingerprint density at radius 3 is 2.71 bits per heavy atom. The van der Waals surface area contributed by atoms with Gasteiger partial charge in [0, 0.05) is 16.4 Å². The van der Waals surface area contributed by atoms with Gasteiger partial charge in [0.25, 0.3) is 0 Å². The van der Waals surface area contributed by atoms with Crippen LogP contribution in [-0.4, -0.2) is 30.4 Å². The van der Waals surface area contributed by atoms with Gasteiger partial charge in [-0.3, -0.25) is 5.10 Å². The molecule has 1 saturated carbocycles. The highest BCUT2D eigenvalue weighted by Gasteiger charge is 2.49. The van der Waals surface area contributed by atoms with E-state index in [1.54, 1.807) is 7.11 Å². The smallest absolute Gasteiger partial charge is 0.123 e. The van der Waals surface area contributed by atoms with Crippen molar-refractivity contribution in [2.45, 2.75) is 31.6 Å². The Hall–Kier alpha value is -1.55. The van der Waals surface area contributed by atoms with E-state index < -0.39 is 0 Å². The molecule has 21 heavy (non-hydrogen) atoms. The van der Waals surface area contributed by atoms with Crippen LogP contribution in [-0.2, 0) is 5.41 Å². The molecule has 4 rings (SSSR count). The van der Waals surface area contributed by atoms with Crippen LogP contribution in [0.3, 0.4) is 0 Å². The molecule has 0 amide bonds. The quantitative estimate of drug-likeness (QED) is 0.892. The van der Waals surface area contributed by atoms with E-state index in [1.807, 2.05) is 6.20 Å². The largest absolute Gasteiger partial charge is 0.496 e. The van der Waals surface area contributed by atoms with Crippen molar-refractivity contribution in [2.24, 2.45) is 11.8 Å². The fourth-order valence-corrected chi connectivity index (χ4v) is 4.74. The minimum absolute atomic E-state index is 0.179. The molecular formula is C17H23N3O. The molecule has 2 unspecified atom stereocenters. The van der Waals surface area contributed by atoms with E-state index in [4.69, 9.17) is 4.74 Å². The predicted molar refractivity (Wildman–Crippen MR) is 83.7 cm³/mol. The van der Waals surface area contributed by atoms with Gasteiger partial charge in [-0.25, -0.2) is 0 Å². The van der Waals surface area contributed by atoms with Crippen LogP contribution in [0.1, 0.15) is 31.7 Å². The molecule has 112 valence electrons. The van der Waals surface area contributed by atoms with Gasteiger partial charge in [0.15, 0.2) is 0 Å². The van der Waals surface area contributed by atoms with Crippen molar-refractivity contribution in [1.29, 1.82) is 0 Å². The van der Waals surface area contributed by atoms with Crippen LogP contribution in [0.2, 0.25) is 0 Å². The number of piperidine rings is 1. The lowest BCUT2D eigenvalue weighted by Crippen LogP contribution is -2.55. The SMILES string of the molecule is COc1ccc2[nH]ncc2c1C1(C)C2CCCC1CNC2. The third kappa shape index (κ3) is 1.75. The summed E-state index contributed by atoms with van der Waals surface area (Å²) in [5.74, 6) is 2.38. The molecule has 2 fully saturated rings. The van der Waals surface area contributed by atoms with Crippen LogP contribution in [0.25, 0.3) is 10.9 Å². The first-order valence-electron chi connectivity index (χ1n) is 7.96. The lowest BCUT2D eigenvalue weighted by molar-refractivity contribution is 0.0808. The normalized spacial score (nSPS) is 32.3. The van der Waals surface area contributed by atoms with E-state index in [9.17, 15) is 0 Å². The van der Waals surface area contributed by atoms with Crippen molar-refractivity contribution in [1.82, 2.24) is 15.5 Å². The first-order chi connectivity index (χ1) is 10.2. The summed E-state index contributed by atoms with van der Waals surface area (Å²) in [4.78, 5) is 0. The standard InChI is InChI=1S/C17H23N3O/c1-17(11-4-3-5-12(17)9-18-8-11)16-13-10-19-20-14(13)6-7-15(16)21-2/h6-7,10-12,18H,3-5,8-9H2,1-2H3,(H,19,20). The molecular weight excluding hydrogens is 262 g/mol. The zero-order chi connectivity index (χ0) is 14.4. The molecule has 4 heteroatoms. The molecule has 1 aliphatic carbocycles. The van der Waals surface area contributed by atoms with Gasteiger partial charge < -0.3 is 10.1 Å². The fourth-order valence-electron chi connectivity index (χ4n) is 4.74. The van der Waals surface area contributed by atoms with Crippen LogP contribution in [0, 0.1) is 11.8 Å². The zero-order valence-corrected chi connectivity index (χ0v) is 12.8. The average Bonchev–Trinajstić information content (AvgIpc) is 2.93. The molecule has 0 radical (unpaired) electrons. The summed E-state index contributed by atoms with van der Waals surface area (Å²) < 4.78 is 5.74. The number of benzene rings is 1. The molecule has 2 heterocycles. The Labute approximate surface area is 125 Å². The molecule has 1 aromatic carbocycles. The molecule has 2 aliphatic rings. The van der Waals surface area contributed by atoms with Crippen molar-refractivity contribution in [3.05, 3.63) is 23.9 Å². The molecule has 2 N–H and O–H groups in total. The highest BCUT2D eigenvalue weighted by molar-refractivity contribution is 5.85. The first kappa shape index (κ1) is 13.1. The minimum Gasteiger partial charge on any atom is -0.496 e. The second-order valence-electron chi connectivity index (χ2n) is 6.74. The van der Waals surface area contributed by atoms with Gasteiger partial charge in [-0.2, -0.15) is 5.10 Å². The number of aromatic nitrogens is 2. The van der Waals surface area contributed by atoms with Crippen molar-refractivity contribution >= 4 is 10.9 Å². The van der Waals surface area contributed by atoms with Gasteiger partial charge in [-0.1, -0.05) is 13.3 Å². The van der Waals surface area contributed by atoms with E-state index in [1.165, 1.54) is 30.2 Å². The van der Waals surface area contributed by atoms with E-state index in [-0.39, 0.29) is 5.41 Å². The topological polar surface area (TPSA) is 49.9 Å². The number of hydrogen-bond acceptors (Lipinski definition) is 3. The maximum atomic E-state index is 5.74. The molecule has 2 atom stereocenters. The molecule has 2 bridgehead atoms. The summed E-state index contributed by atoms with van der Waals surface area (Å²) in [5, 5.41) is 12.2. The Balaban J connectivity index is 1.97. The Morgan fingerprint density at radius 2 is 2.00 bits per heavy atom. The molecule has 4 nitrogen and oxygen atoms in total. The molecule has 2 aromatic rings. The van der Waals surface area contributed by atoms with Gasteiger partial charge in [-0.15, -0.1) is 0 Å². The Bertz CT molecular complexity index is 641. The molecule has 1 aromatic heterocycles. The number of fused-ring (bicyclic) bond motifs is 3. The highest BCUT2D eigenvalue weighted by atomic mass is 16.5. The summed E-state index contributed by atoms with van der Waals surface area (Å²) in [7, 11) is 1.78. The molecule has 1 aliphatic heterocycles. The van der Waals surface area contributed by atoms with Gasteiger partial charge in [-0.05, 0) is 49.9 Å². The van der Waals surface area contributed by atoms with Gasteiger partial charge in [0.1, 0.15) is 5.75 Å². The van der Waals surface area contributed by atoms with Crippen LogP contribution in [0.4, 0.5) is 0 Å². The zero-order valence-electron chi connectivity index (χ0n) is 12.8. The maximum absolute atomic E-state index is 5.74. The lowest BCUT2D eigenvalue weighted by Gasteiger charge is -2.52. The van der Waals surface area contributed by atoms with Crippen LogP contribution in [0.15, 0.2) is 18.3 Å². The van der Waals surface area contributed by atoms with E-state index in [0.717, 1.165) is 24.4 Å². The van der Waals surface area contributed by atoms with Gasteiger partial charge in [0.05, 0.1) is 18.8 Å². The highest BCUT2D eigenvalue weighted by Crippen LogP contribution is 2.53. The number of nitrogens with zero attached hydrogens (tertiary/aromatic N) is 1. The van der Waals surface area contributed by atoms with Crippen molar-refractivity contribution in [3.8, 4) is 5.75 Å². The van der Waals surface area contributed by atoms with Crippen molar-refractivity contribution in [2.75, 3.05) is 20.2 Å². The second kappa shape index (κ2) is 4.73. The summed E-state index contributed by atoms with van der Waals surface area (Å²) in [6.07, 6.45) is 5.93. The van der Waals surface area contributed by atoms with E-state index in [2.05, 4.69) is 34.6 Å². The molecule has 0 spiro atoms. The van der Waals surface area contributed by atoms with Gasteiger partial charge >= 0.3 is 0 Å². The number of methoxy groups -OCH3 is 1. The summed E-state index contributed by atoms with van der Waals surface area (Å²) in [5.41, 5.74) is 2.66.